The first-order valence-corrected chi connectivity index (χ1v) is 4.19. The number of hydrogen-bond donors (Lipinski definition) is 1. The van der Waals surface area contributed by atoms with Gasteiger partial charge in [0.15, 0.2) is 0 Å². The van der Waals surface area contributed by atoms with E-state index in [0.29, 0.717) is 0 Å². The van der Waals surface area contributed by atoms with Gasteiger partial charge in [-0.1, -0.05) is 12.1 Å². The van der Waals surface area contributed by atoms with Gasteiger partial charge in [-0.2, -0.15) is 0 Å². The lowest BCUT2D eigenvalue weighted by molar-refractivity contribution is -0.131. The zero-order chi connectivity index (χ0) is 10.6. The Hall–Kier alpha value is -1.48. The van der Waals surface area contributed by atoms with Crippen LogP contribution in [0.2, 0.25) is 0 Å². The average molecular weight is 229 g/mol. The molecule has 0 saturated heterocycles. The number of aliphatic carboxylic acids is 1. The Kier molecular flexibility index (Phi) is 5.49. The summed E-state index contributed by atoms with van der Waals surface area (Å²) in [4.78, 5) is 10.4. The first kappa shape index (κ1) is 13.5. The minimum absolute atomic E-state index is 0. The van der Waals surface area contributed by atoms with Crippen LogP contribution in [0.15, 0.2) is 30.3 Å². The molecule has 0 radical (unpaired) electrons. The topological polar surface area (TPSA) is 46.5 Å². The van der Waals surface area contributed by atoms with E-state index in [9.17, 15) is 4.79 Å². The van der Waals surface area contributed by atoms with Gasteiger partial charge in [-0.25, -0.2) is 4.79 Å². The maximum atomic E-state index is 10.4. The Morgan fingerprint density at radius 1 is 1.33 bits per heavy atom. The fraction of sp³-hybridized carbons (Fsp3) is 0.182. The molecule has 0 unspecified atom stereocenters. The Labute approximate surface area is 94.8 Å². The predicted molar refractivity (Wildman–Crippen MR) is 61.5 cm³/mol. The SMILES string of the molecule is COc1ccc(C(C)=CC(=O)O)cc1.Cl. The molecule has 0 fully saturated rings. The Balaban J connectivity index is 0.00000196. The molecule has 4 heteroatoms. The van der Waals surface area contributed by atoms with Crippen LogP contribution in [0.25, 0.3) is 5.57 Å². The van der Waals surface area contributed by atoms with Gasteiger partial charge in [0.2, 0.25) is 0 Å². The zero-order valence-corrected chi connectivity index (χ0v) is 9.38. The summed E-state index contributed by atoms with van der Waals surface area (Å²) >= 11 is 0. The molecule has 1 aromatic carbocycles. The summed E-state index contributed by atoms with van der Waals surface area (Å²) in [5, 5.41) is 8.54. The van der Waals surface area contributed by atoms with Crippen molar-refractivity contribution in [2.45, 2.75) is 6.92 Å². The van der Waals surface area contributed by atoms with Crippen molar-refractivity contribution in [3.8, 4) is 5.75 Å². The second kappa shape index (κ2) is 6.09. The highest BCUT2D eigenvalue weighted by Gasteiger charge is 1.98. The van der Waals surface area contributed by atoms with Crippen molar-refractivity contribution in [3.05, 3.63) is 35.9 Å². The van der Waals surface area contributed by atoms with E-state index in [1.54, 1.807) is 26.2 Å². The number of rotatable bonds is 3. The van der Waals surface area contributed by atoms with E-state index < -0.39 is 5.97 Å². The highest BCUT2D eigenvalue weighted by atomic mass is 35.5. The Morgan fingerprint density at radius 2 is 1.87 bits per heavy atom. The molecule has 0 heterocycles. The fourth-order valence-electron chi connectivity index (χ4n) is 1.12. The van der Waals surface area contributed by atoms with Crippen molar-refractivity contribution >= 4 is 23.9 Å². The molecule has 0 saturated carbocycles. The van der Waals surface area contributed by atoms with Gasteiger partial charge in [0.25, 0.3) is 0 Å². The molecule has 0 aliphatic heterocycles. The van der Waals surface area contributed by atoms with Crippen molar-refractivity contribution in [2.75, 3.05) is 7.11 Å². The molecule has 1 rings (SSSR count). The van der Waals surface area contributed by atoms with E-state index in [1.807, 2.05) is 12.1 Å². The number of carboxylic acids is 1. The molecule has 0 aliphatic carbocycles. The number of halogens is 1. The molecule has 1 N–H and O–H groups in total. The van der Waals surface area contributed by atoms with E-state index in [0.717, 1.165) is 16.9 Å². The minimum atomic E-state index is -0.932. The lowest BCUT2D eigenvalue weighted by Crippen LogP contribution is -1.90. The summed E-state index contributed by atoms with van der Waals surface area (Å²) in [7, 11) is 1.59. The Bertz CT molecular complexity index is 355. The van der Waals surface area contributed by atoms with Gasteiger partial charge < -0.3 is 9.84 Å². The van der Waals surface area contributed by atoms with Gasteiger partial charge in [0.05, 0.1) is 7.11 Å². The maximum absolute atomic E-state index is 10.4. The van der Waals surface area contributed by atoms with Gasteiger partial charge >= 0.3 is 5.97 Å². The van der Waals surface area contributed by atoms with E-state index in [2.05, 4.69) is 0 Å². The molecule has 0 bridgehead atoms. The molecule has 0 aromatic heterocycles. The third-order valence-electron chi connectivity index (χ3n) is 1.89. The van der Waals surface area contributed by atoms with E-state index in [4.69, 9.17) is 9.84 Å². The molecule has 0 aliphatic rings. The third kappa shape index (κ3) is 4.04. The lowest BCUT2D eigenvalue weighted by atomic mass is 10.1. The smallest absolute Gasteiger partial charge is 0.328 e. The number of hydrogen-bond acceptors (Lipinski definition) is 2. The summed E-state index contributed by atoms with van der Waals surface area (Å²) in [5.74, 6) is -0.171. The van der Waals surface area contributed by atoms with Crippen LogP contribution in [0.4, 0.5) is 0 Å². The average Bonchev–Trinajstić information content (AvgIpc) is 2.17. The zero-order valence-electron chi connectivity index (χ0n) is 8.56. The highest BCUT2D eigenvalue weighted by Crippen LogP contribution is 2.17. The third-order valence-corrected chi connectivity index (χ3v) is 1.89. The molecular weight excluding hydrogens is 216 g/mol. The molecule has 1 aromatic rings. The van der Waals surface area contributed by atoms with Crippen LogP contribution in [-0.4, -0.2) is 18.2 Å². The van der Waals surface area contributed by atoms with Crippen LogP contribution in [0.5, 0.6) is 5.75 Å². The minimum Gasteiger partial charge on any atom is -0.497 e. The Morgan fingerprint density at radius 3 is 2.27 bits per heavy atom. The second-order valence-corrected chi connectivity index (χ2v) is 2.89. The normalized spacial score (nSPS) is 10.4. The molecule has 3 nitrogen and oxygen atoms in total. The van der Waals surface area contributed by atoms with E-state index in [1.165, 1.54) is 6.08 Å². The molecule has 0 atom stereocenters. The molecular formula is C11H13ClO3. The molecule has 0 spiro atoms. The van der Waals surface area contributed by atoms with Crippen molar-refractivity contribution in [1.29, 1.82) is 0 Å². The van der Waals surface area contributed by atoms with Crippen molar-refractivity contribution in [1.82, 2.24) is 0 Å². The van der Waals surface area contributed by atoms with Crippen LogP contribution in [0, 0.1) is 0 Å². The quantitative estimate of drug-likeness (QED) is 0.809. The first-order valence-electron chi connectivity index (χ1n) is 4.19. The van der Waals surface area contributed by atoms with Crippen LogP contribution >= 0.6 is 12.4 Å². The summed E-state index contributed by atoms with van der Waals surface area (Å²) in [6, 6.07) is 7.25. The number of allylic oxidation sites excluding steroid dienone is 1. The van der Waals surface area contributed by atoms with Crippen molar-refractivity contribution in [3.63, 3.8) is 0 Å². The fourth-order valence-corrected chi connectivity index (χ4v) is 1.12. The van der Waals surface area contributed by atoms with Crippen LogP contribution < -0.4 is 4.74 Å². The number of carboxylic acid groups (broad SMARTS) is 1. The summed E-state index contributed by atoms with van der Waals surface area (Å²) < 4.78 is 4.99. The maximum Gasteiger partial charge on any atom is 0.328 e. The molecule has 0 amide bonds. The van der Waals surface area contributed by atoms with E-state index >= 15 is 0 Å². The van der Waals surface area contributed by atoms with Crippen LogP contribution in [0.3, 0.4) is 0 Å². The number of benzene rings is 1. The molecule has 15 heavy (non-hydrogen) atoms. The standard InChI is InChI=1S/C11H12O3.ClH/c1-8(7-11(12)13)9-3-5-10(14-2)6-4-9;/h3-7H,1-2H3,(H,12,13);1H. The van der Waals surface area contributed by atoms with Gasteiger partial charge in [0, 0.05) is 6.08 Å². The monoisotopic (exact) mass is 228 g/mol. The summed E-state index contributed by atoms with van der Waals surface area (Å²) in [6.45, 7) is 1.76. The van der Waals surface area contributed by atoms with Crippen LogP contribution in [-0.2, 0) is 4.79 Å². The largest absolute Gasteiger partial charge is 0.497 e. The summed E-state index contributed by atoms with van der Waals surface area (Å²) in [6.07, 6.45) is 1.18. The van der Waals surface area contributed by atoms with Gasteiger partial charge in [-0.05, 0) is 30.2 Å². The lowest BCUT2D eigenvalue weighted by Gasteiger charge is -2.02. The van der Waals surface area contributed by atoms with Crippen molar-refractivity contribution in [2.24, 2.45) is 0 Å². The number of methoxy groups -OCH3 is 1. The number of carbonyl (C=O) groups is 1. The predicted octanol–water partition coefficient (Wildman–Crippen LogP) is 2.60. The van der Waals surface area contributed by atoms with Gasteiger partial charge in [0.1, 0.15) is 5.75 Å². The summed E-state index contributed by atoms with van der Waals surface area (Å²) in [5.41, 5.74) is 1.60. The van der Waals surface area contributed by atoms with E-state index in [-0.39, 0.29) is 12.4 Å². The second-order valence-electron chi connectivity index (χ2n) is 2.89. The highest BCUT2D eigenvalue weighted by molar-refractivity contribution is 5.89. The first-order chi connectivity index (χ1) is 6.63. The van der Waals surface area contributed by atoms with Crippen LogP contribution in [0.1, 0.15) is 12.5 Å². The van der Waals surface area contributed by atoms with Gasteiger partial charge in [-0.15, -0.1) is 12.4 Å². The molecule has 82 valence electrons. The van der Waals surface area contributed by atoms with Gasteiger partial charge in [-0.3, -0.25) is 0 Å². The van der Waals surface area contributed by atoms with Crippen molar-refractivity contribution < 1.29 is 14.6 Å². The number of ether oxygens (including phenoxy) is 1.